The number of hydrogen-bond donors (Lipinski definition) is 2. The van der Waals surface area contributed by atoms with Crippen LogP contribution >= 0.6 is 11.3 Å². The molecular weight excluding hydrogens is 336 g/mol. The van der Waals surface area contributed by atoms with Gasteiger partial charge in [0.15, 0.2) is 6.61 Å². The highest BCUT2D eigenvalue weighted by Crippen LogP contribution is 2.31. The minimum Gasteiger partial charge on any atom is -0.482 e. The average Bonchev–Trinajstić information content (AvgIpc) is 3.12. The van der Waals surface area contributed by atoms with E-state index in [1.54, 1.807) is 18.2 Å². The van der Waals surface area contributed by atoms with E-state index in [1.165, 1.54) is 11.3 Å². The van der Waals surface area contributed by atoms with Gasteiger partial charge in [0.25, 0.3) is 11.8 Å². The monoisotopic (exact) mass is 350 g/mol. The maximum atomic E-state index is 12.5. The average molecular weight is 350 g/mol. The Morgan fingerprint density at radius 1 is 1.08 bits per heavy atom. The summed E-state index contributed by atoms with van der Waals surface area (Å²) >= 11 is 1.39. The van der Waals surface area contributed by atoms with E-state index in [1.807, 2.05) is 41.8 Å². The minimum absolute atomic E-state index is 0.0101. The molecule has 0 aliphatic carbocycles. The molecule has 2 heterocycles. The van der Waals surface area contributed by atoms with E-state index in [4.69, 9.17) is 4.74 Å². The van der Waals surface area contributed by atoms with Crippen LogP contribution in [-0.2, 0) is 4.79 Å². The van der Waals surface area contributed by atoms with Crippen molar-refractivity contribution in [2.45, 2.75) is 0 Å². The molecule has 0 spiro atoms. The number of rotatable bonds is 3. The van der Waals surface area contributed by atoms with Gasteiger partial charge in [-0.3, -0.25) is 9.59 Å². The number of anilines is 2. The van der Waals surface area contributed by atoms with Crippen LogP contribution in [0.3, 0.4) is 0 Å². The standard InChI is InChI=1S/C19H14N2O3S/c22-18-10-24-16-7-6-14(9-15(16)21-18)20-19(23)17-8-13(11-25-17)12-4-2-1-3-5-12/h1-9,11H,10H2,(H,20,23)(H,21,22). The summed E-state index contributed by atoms with van der Waals surface area (Å²) < 4.78 is 5.31. The highest BCUT2D eigenvalue weighted by molar-refractivity contribution is 7.12. The lowest BCUT2D eigenvalue weighted by molar-refractivity contribution is -0.118. The Morgan fingerprint density at radius 2 is 1.92 bits per heavy atom. The van der Waals surface area contributed by atoms with Crippen molar-refractivity contribution < 1.29 is 14.3 Å². The molecule has 0 atom stereocenters. The van der Waals surface area contributed by atoms with Gasteiger partial charge in [-0.25, -0.2) is 0 Å². The summed E-state index contributed by atoms with van der Waals surface area (Å²) in [5.74, 6) is 0.206. The van der Waals surface area contributed by atoms with Gasteiger partial charge in [0.1, 0.15) is 5.75 Å². The third-order valence-corrected chi connectivity index (χ3v) is 4.73. The zero-order valence-electron chi connectivity index (χ0n) is 13.1. The Labute approximate surface area is 148 Å². The molecule has 3 aromatic rings. The molecule has 4 rings (SSSR count). The zero-order chi connectivity index (χ0) is 17.2. The van der Waals surface area contributed by atoms with Crippen LogP contribution in [-0.4, -0.2) is 18.4 Å². The summed E-state index contributed by atoms with van der Waals surface area (Å²) in [5.41, 5.74) is 3.25. The lowest BCUT2D eigenvalue weighted by Gasteiger charge is -2.18. The summed E-state index contributed by atoms with van der Waals surface area (Å²) in [6.07, 6.45) is 0. The maximum absolute atomic E-state index is 12.5. The van der Waals surface area contributed by atoms with Crippen molar-refractivity contribution in [1.82, 2.24) is 0 Å². The number of amides is 2. The molecule has 25 heavy (non-hydrogen) atoms. The molecule has 2 amide bonds. The largest absolute Gasteiger partial charge is 0.482 e. The second kappa shape index (κ2) is 6.41. The van der Waals surface area contributed by atoms with Crippen molar-refractivity contribution in [3.05, 3.63) is 64.9 Å². The number of hydrogen-bond acceptors (Lipinski definition) is 4. The molecule has 1 aromatic heterocycles. The van der Waals surface area contributed by atoms with Crippen LogP contribution in [0.1, 0.15) is 9.67 Å². The van der Waals surface area contributed by atoms with E-state index in [9.17, 15) is 9.59 Å². The number of ether oxygens (including phenoxy) is 1. The Kier molecular flexibility index (Phi) is 3.95. The number of nitrogens with one attached hydrogen (secondary N) is 2. The van der Waals surface area contributed by atoms with Gasteiger partial charge in [-0.1, -0.05) is 30.3 Å². The molecule has 6 heteroatoms. The predicted molar refractivity (Wildman–Crippen MR) is 98.3 cm³/mol. The van der Waals surface area contributed by atoms with E-state index in [2.05, 4.69) is 10.6 Å². The van der Waals surface area contributed by atoms with Crippen LogP contribution < -0.4 is 15.4 Å². The number of fused-ring (bicyclic) bond motifs is 1. The van der Waals surface area contributed by atoms with Gasteiger partial charge < -0.3 is 15.4 Å². The molecule has 0 saturated carbocycles. The molecule has 2 N–H and O–H groups in total. The molecule has 0 saturated heterocycles. The Balaban J connectivity index is 1.52. The quantitative estimate of drug-likeness (QED) is 0.750. The Morgan fingerprint density at radius 3 is 2.76 bits per heavy atom. The maximum Gasteiger partial charge on any atom is 0.265 e. The van der Waals surface area contributed by atoms with Gasteiger partial charge in [-0.15, -0.1) is 11.3 Å². The van der Waals surface area contributed by atoms with E-state index in [0.717, 1.165) is 11.1 Å². The molecule has 1 aliphatic rings. The van der Waals surface area contributed by atoms with Crippen LogP contribution in [0.25, 0.3) is 11.1 Å². The summed E-state index contributed by atoms with van der Waals surface area (Å²) in [4.78, 5) is 24.5. The first-order valence-electron chi connectivity index (χ1n) is 7.71. The highest BCUT2D eigenvalue weighted by atomic mass is 32.1. The third-order valence-electron chi connectivity index (χ3n) is 3.80. The van der Waals surface area contributed by atoms with Crippen LogP contribution in [0.2, 0.25) is 0 Å². The van der Waals surface area contributed by atoms with Crippen LogP contribution in [0.5, 0.6) is 5.75 Å². The van der Waals surface area contributed by atoms with Gasteiger partial charge in [-0.2, -0.15) is 0 Å². The lowest BCUT2D eigenvalue weighted by atomic mass is 10.1. The smallest absolute Gasteiger partial charge is 0.265 e. The summed E-state index contributed by atoms with van der Waals surface area (Å²) in [6.45, 7) is 0.0101. The van der Waals surface area contributed by atoms with Gasteiger partial charge in [0, 0.05) is 5.69 Å². The Bertz CT molecular complexity index is 950. The van der Waals surface area contributed by atoms with Crippen LogP contribution in [0, 0.1) is 0 Å². The third kappa shape index (κ3) is 3.25. The van der Waals surface area contributed by atoms with E-state index >= 15 is 0 Å². The fourth-order valence-electron chi connectivity index (χ4n) is 2.59. The van der Waals surface area contributed by atoms with E-state index in [-0.39, 0.29) is 18.4 Å². The number of carbonyl (C=O) groups is 2. The molecule has 124 valence electrons. The number of carbonyl (C=O) groups excluding carboxylic acids is 2. The van der Waals surface area contributed by atoms with Crippen molar-refractivity contribution in [1.29, 1.82) is 0 Å². The SMILES string of the molecule is O=C1COc2ccc(NC(=O)c3cc(-c4ccccc4)cs3)cc2N1. The number of benzene rings is 2. The van der Waals surface area contributed by atoms with Crippen LogP contribution in [0.4, 0.5) is 11.4 Å². The molecule has 0 unspecified atom stereocenters. The summed E-state index contributed by atoms with van der Waals surface area (Å²) in [5, 5.41) is 7.54. The second-order valence-corrected chi connectivity index (χ2v) is 6.48. The lowest BCUT2D eigenvalue weighted by Crippen LogP contribution is -2.25. The second-order valence-electron chi connectivity index (χ2n) is 5.57. The first kappa shape index (κ1) is 15.4. The Hall–Kier alpha value is -3.12. The number of thiophene rings is 1. The molecule has 1 aliphatic heterocycles. The molecule has 0 bridgehead atoms. The zero-order valence-corrected chi connectivity index (χ0v) is 13.9. The topological polar surface area (TPSA) is 67.4 Å². The van der Waals surface area contributed by atoms with Gasteiger partial charge in [-0.05, 0) is 40.8 Å². The normalized spacial score (nSPS) is 12.7. The molecule has 5 nitrogen and oxygen atoms in total. The van der Waals surface area contributed by atoms with Gasteiger partial charge in [0.05, 0.1) is 10.6 Å². The van der Waals surface area contributed by atoms with Crippen molar-refractivity contribution in [2.24, 2.45) is 0 Å². The van der Waals surface area contributed by atoms with Gasteiger partial charge in [0.2, 0.25) is 0 Å². The summed E-state index contributed by atoms with van der Waals surface area (Å²) in [6, 6.07) is 17.0. The highest BCUT2D eigenvalue weighted by Gasteiger charge is 2.17. The van der Waals surface area contributed by atoms with E-state index < -0.39 is 0 Å². The van der Waals surface area contributed by atoms with Crippen molar-refractivity contribution in [3.8, 4) is 16.9 Å². The van der Waals surface area contributed by atoms with Crippen molar-refractivity contribution in [3.63, 3.8) is 0 Å². The van der Waals surface area contributed by atoms with Crippen molar-refractivity contribution in [2.75, 3.05) is 17.2 Å². The minimum atomic E-state index is -0.207. The first-order chi connectivity index (χ1) is 12.2. The fourth-order valence-corrected chi connectivity index (χ4v) is 3.40. The van der Waals surface area contributed by atoms with Gasteiger partial charge >= 0.3 is 0 Å². The molecule has 0 radical (unpaired) electrons. The predicted octanol–water partition coefficient (Wildman–Crippen LogP) is 4.00. The van der Waals surface area contributed by atoms with Crippen molar-refractivity contribution >= 4 is 34.5 Å². The fraction of sp³-hybridized carbons (Fsp3) is 0.0526. The molecule has 2 aromatic carbocycles. The van der Waals surface area contributed by atoms with E-state index in [0.29, 0.717) is 22.0 Å². The first-order valence-corrected chi connectivity index (χ1v) is 8.59. The molecular formula is C19H14N2O3S. The van der Waals surface area contributed by atoms with Crippen LogP contribution in [0.15, 0.2) is 60.0 Å². The summed E-state index contributed by atoms with van der Waals surface area (Å²) in [7, 11) is 0. The molecule has 0 fully saturated rings.